The molecule has 0 aliphatic heterocycles. The molecule has 0 aliphatic rings. The zero-order valence-electron chi connectivity index (χ0n) is 9.89. The summed E-state index contributed by atoms with van der Waals surface area (Å²) in [6.45, 7) is 0. The lowest BCUT2D eigenvalue weighted by Crippen LogP contribution is -2.08. The second-order valence-corrected chi connectivity index (χ2v) is 3.07. The summed E-state index contributed by atoms with van der Waals surface area (Å²) < 4.78 is 15.0. The molecule has 5 heteroatoms. The maximum absolute atomic E-state index is 11.0. The van der Waals surface area contributed by atoms with E-state index < -0.39 is 5.97 Å². The monoisotopic (exact) mass is 238 g/mol. The smallest absolute Gasteiger partial charge is 0.375 e. The first-order valence-corrected chi connectivity index (χ1v) is 4.84. The summed E-state index contributed by atoms with van der Waals surface area (Å²) in [6.07, 6.45) is 0. The molecule has 5 nitrogen and oxygen atoms in total. The van der Waals surface area contributed by atoms with Crippen molar-refractivity contribution in [3.63, 3.8) is 0 Å². The number of hydrogen-bond donors (Lipinski definition) is 1. The van der Waals surface area contributed by atoms with Crippen molar-refractivity contribution in [3.05, 3.63) is 35.6 Å². The number of carbonyl (C=O) groups is 1. The quantitative estimate of drug-likeness (QED) is 0.625. The number of methoxy groups -OCH3 is 3. The van der Waals surface area contributed by atoms with Crippen LogP contribution in [0.1, 0.15) is 5.56 Å². The summed E-state index contributed by atoms with van der Waals surface area (Å²) in [5, 5.41) is 9.00. The molecule has 1 aromatic carbocycles. The SMILES string of the molecule is COC(C(=O)O)=C(OC)c1ccccc1OC. The fourth-order valence-corrected chi connectivity index (χ4v) is 1.43. The van der Waals surface area contributed by atoms with Crippen LogP contribution in [-0.2, 0) is 14.3 Å². The molecular formula is C12H14O5. The van der Waals surface area contributed by atoms with Crippen LogP contribution in [0.15, 0.2) is 30.0 Å². The normalized spacial score (nSPS) is 11.5. The predicted octanol–water partition coefficient (Wildman–Crippen LogP) is 1.74. The summed E-state index contributed by atoms with van der Waals surface area (Å²) in [4.78, 5) is 11.0. The average Bonchev–Trinajstić information content (AvgIpc) is 2.35. The Labute approximate surface area is 99.2 Å². The van der Waals surface area contributed by atoms with Crippen LogP contribution >= 0.6 is 0 Å². The molecule has 92 valence electrons. The van der Waals surface area contributed by atoms with Gasteiger partial charge in [-0.15, -0.1) is 0 Å². The lowest BCUT2D eigenvalue weighted by Gasteiger charge is -2.13. The fourth-order valence-electron chi connectivity index (χ4n) is 1.43. The van der Waals surface area contributed by atoms with E-state index in [1.165, 1.54) is 21.3 Å². The molecule has 1 N–H and O–H groups in total. The molecule has 1 rings (SSSR count). The number of para-hydroxylation sites is 1. The molecule has 0 bridgehead atoms. The lowest BCUT2D eigenvalue weighted by atomic mass is 10.1. The Morgan fingerprint density at radius 1 is 1.12 bits per heavy atom. The number of hydrogen-bond acceptors (Lipinski definition) is 4. The van der Waals surface area contributed by atoms with Gasteiger partial charge in [0.05, 0.1) is 26.9 Å². The molecule has 0 heterocycles. The van der Waals surface area contributed by atoms with Gasteiger partial charge in [-0.25, -0.2) is 4.79 Å². The van der Waals surface area contributed by atoms with E-state index in [4.69, 9.17) is 19.3 Å². The van der Waals surface area contributed by atoms with Crippen LogP contribution in [0.2, 0.25) is 0 Å². The standard InChI is InChI=1S/C12H14O5/c1-15-9-7-5-4-6-8(9)10(16-2)11(17-3)12(13)14/h4-7H,1-3H3,(H,13,14). The highest BCUT2D eigenvalue weighted by molar-refractivity contribution is 5.93. The van der Waals surface area contributed by atoms with Gasteiger partial charge in [0.15, 0.2) is 5.76 Å². The number of benzene rings is 1. The third-order valence-corrected chi connectivity index (χ3v) is 2.16. The van der Waals surface area contributed by atoms with Gasteiger partial charge in [-0.05, 0) is 12.1 Å². The Hall–Kier alpha value is -2.17. The highest BCUT2D eigenvalue weighted by atomic mass is 16.5. The first kappa shape index (κ1) is 12.9. The molecular weight excluding hydrogens is 224 g/mol. The van der Waals surface area contributed by atoms with Gasteiger partial charge < -0.3 is 19.3 Å². The maximum atomic E-state index is 11.0. The summed E-state index contributed by atoms with van der Waals surface area (Å²) in [5.41, 5.74) is 0.525. The van der Waals surface area contributed by atoms with E-state index in [2.05, 4.69) is 0 Å². The van der Waals surface area contributed by atoms with Crippen LogP contribution in [0.5, 0.6) is 5.75 Å². The first-order chi connectivity index (χ1) is 8.15. The Morgan fingerprint density at radius 2 is 1.76 bits per heavy atom. The van der Waals surface area contributed by atoms with E-state index in [-0.39, 0.29) is 11.5 Å². The summed E-state index contributed by atoms with van der Waals surface area (Å²) in [5.74, 6) is -0.829. The molecule has 0 amide bonds. The average molecular weight is 238 g/mol. The summed E-state index contributed by atoms with van der Waals surface area (Å²) in [7, 11) is 4.15. The van der Waals surface area contributed by atoms with Crippen LogP contribution in [0.3, 0.4) is 0 Å². The minimum Gasteiger partial charge on any atom is -0.496 e. The van der Waals surface area contributed by atoms with E-state index in [0.717, 1.165) is 0 Å². The Morgan fingerprint density at radius 3 is 2.24 bits per heavy atom. The van der Waals surface area contributed by atoms with Crippen LogP contribution in [0.4, 0.5) is 0 Å². The third-order valence-electron chi connectivity index (χ3n) is 2.16. The number of aliphatic carboxylic acids is 1. The second kappa shape index (κ2) is 5.79. The van der Waals surface area contributed by atoms with Gasteiger partial charge in [0.1, 0.15) is 5.75 Å². The maximum Gasteiger partial charge on any atom is 0.375 e. The van der Waals surface area contributed by atoms with E-state index in [1.807, 2.05) is 0 Å². The van der Waals surface area contributed by atoms with Gasteiger partial charge in [-0.1, -0.05) is 12.1 Å². The molecule has 0 atom stereocenters. The van der Waals surface area contributed by atoms with Crippen LogP contribution in [0.25, 0.3) is 5.76 Å². The molecule has 0 aliphatic carbocycles. The van der Waals surface area contributed by atoms with Crippen molar-refractivity contribution in [2.24, 2.45) is 0 Å². The second-order valence-electron chi connectivity index (χ2n) is 3.07. The zero-order chi connectivity index (χ0) is 12.8. The number of ether oxygens (including phenoxy) is 3. The van der Waals surface area contributed by atoms with Crippen molar-refractivity contribution in [1.82, 2.24) is 0 Å². The number of rotatable bonds is 5. The first-order valence-electron chi connectivity index (χ1n) is 4.84. The van der Waals surface area contributed by atoms with E-state index in [0.29, 0.717) is 11.3 Å². The molecule has 0 saturated carbocycles. The lowest BCUT2D eigenvalue weighted by molar-refractivity contribution is -0.136. The van der Waals surface area contributed by atoms with E-state index in [9.17, 15) is 4.79 Å². The van der Waals surface area contributed by atoms with Crippen molar-refractivity contribution in [2.75, 3.05) is 21.3 Å². The minimum atomic E-state index is -1.20. The van der Waals surface area contributed by atoms with Crippen molar-refractivity contribution in [1.29, 1.82) is 0 Å². The van der Waals surface area contributed by atoms with Crippen molar-refractivity contribution in [2.45, 2.75) is 0 Å². The van der Waals surface area contributed by atoms with Gasteiger partial charge in [0.2, 0.25) is 5.76 Å². The highest BCUT2D eigenvalue weighted by Gasteiger charge is 2.20. The Balaban J connectivity index is 3.40. The van der Waals surface area contributed by atoms with Gasteiger partial charge in [-0.3, -0.25) is 0 Å². The molecule has 0 saturated heterocycles. The predicted molar refractivity (Wildman–Crippen MR) is 61.6 cm³/mol. The van der Waals surface area contributed by atoms with Crippen LogP contribution in [0, 0.1) is 0 Å². The van der Waals surface area contributed by atoms with E-state index >= 15 is 0 Å². The molecule has 0 spiro atoms. The topological polar surface area (TPSA) is 65.0 Å². The van der Waals surface area contributed by atoms with Crippen molar-refractivity contribution in [3.8, 4) is 5.75 Å². The van der Waals surface area contributed by atoms with E-state index in [1.54, 1.807) is 24.3 Å². The Kier molecular flexibility index (Phi) is 4.39. The Bertz CT molecular complexity index is 436. The van der Waals surface area contributed by atoms with Crippen LogP contribution < -0.4 is 4.74 Å². The van der Waals surface area contributed by atoms with Crippen LogP contribution in [-0.4, -0.2) is 32.4 Å². The molecule has 17 heavy (non-hydrogen) atoms. The summed E-state index contributed by atoms with van der Waals surface area (Å²) in [6, 6.07) is 6.94. The number of carboxylic acids is 1. The summed E-state index contributed by atoms with van der Waals surface area (Å²) >= 11 is 0. The molecule has 0 aromatic heterocycles. The minimum absolute atomic E-state index is 0.123. The van der Waals surface area contributed by atoms with Gasteiger partial charge in [0, 0.05) is 0 Å². The molecule has 1 aromatic rings. The zero-order valence-corrected chi connectivity index (χ0v) is 9.89. The van der Waals surface area contributed by atoms with Gasteiger partial charge >= 0.3 is 5.97 Å². The van der Waals surface area contributed by atoms with Gasteiger partial charge in [-0.2, -0.15) is 0 Å². The third kappa shape index (κ3) is 2.69. The van der Waals surface area contributed by atoms with Gasteiger partial charge in [0.25, 0.3) is 0 Å². The largest absolute Gasteiger partial charge is 0.496 e. The van der Waals surface area contributed by atoms with Crippen molar-refractivity contribution >= 4 is 11.7 Å². The molecule has 0 radical (unpaired) electrons. The molecule has 0 fully saturated rings. The molecule has 0 unspecified atom stereocenters. The number of carboxylic acid groups (broad SMARTS) is 1. The fraction of sp³-hybridized carbons (Fsp3) is 0.250. The highest BCUT2D eigenvalue weighted by Crippen LogP contribution is 2.28. The van der Waals surface area contributed by atoms with Crippen molar-refractivity contribution < 1.29 is 24.1 Å².